The Morgan fingerprint density at radius 1 is 0.472 bits per heavy atom. The largest absolute Gasteiger partial charge is 0.456 e. The first-order chi connectivity index (χ1) is 17.7. The number of aromatic nitrogens is 3. The Balaban J connectivity index is 1.47. The van der Waals surface area contributed by atoms with Gasteiger partial charge in [-0.2, -0.15) is 0 Å². The molecule has 7 rings (SSSR count). The summed E-state index contributed by atoms with van der Waals surface area (Å²) in [6.45, 7) is 0. The van der Waals surface area contributed by atoms with Gasteiger partial charge in [-0.15, -0.1) is 0 Å². The fraction of sp³-hybridized carbons (Fsp3) is 0. The zero-order chi connectivity index (χ0) is 24.1. The van der Waals surface area contributed by atoms with E-state index in [1.165, 1.54) is 0 Å². The normalized spacial score (nSPS) is 11.5. The smallest absolute Gasteiger partial charge is 0.164 e. The molecule has 2 heterocycles. The lowest BCUT2D eigenvalue weighted by Crippen LogP contribution is -2.00. The highest BCUT2D eigenvalue weighted by atomic mass is 35.5. The molecule has 170 valence electrons. The van der Waals surface area contributed by atoms with Gasteiger partial charge in [0.1, 0.15) is 11.2 Å². The Morgan fingerprint density at radius 3 is 1.94 bits per heavy atom. The fourth-order valence-corrected chi connectivity index (χ4v) is 4.89. The fourth-order valence-electron chi connectivity index (χ4n) is 4.66. The molecular formula is C31H18ClN3O. The summed E-state index contributed by atoms with van der Waals surface area (Å²) in [5, 5.41) is 4.81. The van der Waals surface area contributed by atoms with Crippen LogP contribution in [0, 0.1) is 0 Å². The summed E-state index contributed by atoms with van der Waals surface area (Å²) in [5.74, 6) is 1.79. The first kappa shape index (κ1) is 20.8. The predicted octanol–water partition coefficient (Wildman–Crippen LogP) is 8.58. The quantitative estimate of drug-likeness (QED) is 0.252. The van der Waals surface area contributed by atoms with Crippen molar-refractivity contribution < 1.29 is 4.42 Å². The summed E-state index contributed by atoms with van der Waals surface area (Å²) in [4.78, 5) is 14.7. The molecule has 5 heteroatoms. The molecular weight excluding hydrogens is 466 g/mol. The Kier molecular flexibility index (Phi) is 4.79. The third kappa shape index (κ3) is 3.43. The van der Waals surface area contributed by atoms with Gasteiger partial charge >= 0.3 is 0 Å². The van der Waals surface area contributed by atoms with Crippen LogP contribution in [-0.2, 0) is 0 Å². The van der Waals surface area contributed by atoms with Gasteiger partial charge in [-0.25, -0.2) is 15.0 Å². The summed E-state index contributed by atoms with van der Waals surface area (Å²) in [6, 6.07) is 36.0. The van der Waals surface area contributed by atoms with Crippen molar-refractivity contribution in [3.63, 3.8) is 0 Å². The van der Waals surface area contributed by atoms with E-state index in [1.807, 2.05) is 97.1 Å². The average molecular weight is 484 g/mol. The third-order valence-corrected chi connectivity index (χ3v) is 6.75. The number of hydrogen-bond donors (Lipinski definition) is 0. The minimum atomic E-state index is 0.584. The molecule has 0 spiro atoms. The number of halogens is 1. The Labute approximate surface area is 211 Å². The van der Waals surface area contributed by atoms with Crippen LogP contribution in [0.2, 0.25) is 5.02 Å². The summed E-state index contributed by atoms with van der Waals surface area (Å²) in [6.07, 6.45) is 0. The van der Waals surface area contributed by atoms with Gasteiger partial charge in [0.25, 0.3) is 0 Å². The van der Waals surface area contributed by atoms with Crippen molar-refractivity contribution in [2.75, 3.05) is 0 Å². The first-order valence-corrected chi connectivity index (χ1v) is 12.0. The molecule has 7 aromatic rings. The van der Waals surface area contributed by atoms with Crippen LogP contribution >= 0.6 is 11.6 Å². The SMILES string of the molecule is Clc1ccc(-c2nc(-c3ccccc3)nc(-c3ccc4c(c3)oc3ccccc34)n2)c2ccccc12. The monoisotopic (exact) mass is 483 g/mol. The second-order valence-electron chi connectivity index (χ2n) is 8.62. The minimum Gasteiger partial charge on any atom is -0.456 e. The molecule has 0 saturated heterocycles. The summed E-state index contributed by atoms with van der Waals surface area (Å²) < 4.78 is 6.13. The second-order valence-corrected chi connectivity index (χ2v) is 9.03. The molecule has 0 aliphatic rings. The van der Waals surface area contributed by atoms with E-state index in [-0.39, 0.29) is 0 Å². The highest BCUT2D eigenvalue weighted by Gasteiger charge is 2.16. The second kappa shape index (κ2) is 8.29. The number of nitrogens with zero attached hydrogens (tertiary/aromatic N) is 3. The Morgan fingerprint density at radius 2 is 1.11 bits per heavy atom. The van der Waals surface area contributed by atoms with Crippen molar-refractivity contribution in [3.8, 4) is 34.2 Å². The molecule has 4 nitrogen and oxygen atoms in total. The van der Waals surface area contributed by atoms with Gasteiger partial charge < -0.3 is 4.42 Å². The van der Waals surface area contributed by atoms with E-state index in [9.17, 15) is 0 Å². The lowest BCUT2D eigenvalue weighted by atomic mass is 10.0. The van der Waals surface area contributed by atoms with Crippen LogP contribution in [0.25, 0.3) is 66.9 Å². The van der Waals surface area contributed by atoms with E-state index in [1.54, 1.807) is 0 Å². The van der Waals surface area contributed by atoms with Gasteiger partial charge in [0.05, 0.1) is 0 Å². The summed E-state index contributed by atoms with van der Waals surface area (Å²) >= 11 is 6.50. The molecule has 0 atom stereocenters. The van der Waals surface area contributed by atoms with Gasteiger partial charge in [-0.05, 0) is 35.7 Å². The van der Waals surface area contributed by atoms with E-state index >= 15 is 0 Å². The summed E-state index contributed by atoms with van der Waals surface area (Å²) in [5.41, 5.74) is 4.35. The van der Waals surface area contributed by atoms with Gasteiger partial charge in [0.2, 0.25) is 0 Å². The molecule has 0 amide bonds. The molecule has 0 N–H and O–H groups in total. The standard InChI is InChI=1S/C31H18ClN3O/c32-26-17-16-25(21-10-4-5-11-22(21)26)31-34-29(19-8-2-1-3-9-19)33-30(35-31)20-14-15-24-23-12-6-7-13-27(23)36-28(24)18-20/h1-18H. The van der Waals surface area contributed by atoms with Crippen LogP contribution in [0.4, 0.5) is 0 Å². The van der Waals surface area contributed by atoms with Crippen molar-refractivity contribution in [3.05, 3.63) is 114 Å². The van der Waals surface area contributed by atoms with E-state index < -0.39 is 0 Å². The number of hydrogen-bond acceptors (Lipinski definition) is 4. The molecule has 0 bridgehead atoms. The minimum absolute atomic E-state index is 0.584. The van der Waals surface area contributed by atoms with Crippen LogP contribution in [-0.4, -0.2) is 15.0 Å². The van der Waals surface area contributed by atoms with Crippen molar-refractivity contribution in [2.24, 2.45) is 0 Å². The number of benzene rings is 5. The lowest BCUT2D eigenvalue weighted by Gasteiger charge is -2.11. The zero-order valence-corrected chi connectivity index (χ0v) is 19.8. The number of para-hydroxylation sites is 1. The van der Waals surface area contributed by atoms with Crippen LogP contribution < -0.4 is 0 Å². The van der Waals surface area contributed by atoms with Crippen molar-refractivity contribution >= 4 is 44.3 Å². The summed E-state index contributed by atoms with van der Waals surface area (Å²) in [7, 11) is 0. The molecule has 0 saturated carbocycles. The van der Waals surface area contributed by atoms with E-state index in [4.69, 9.17) is 31.0 Å². The third-order valence-electron chi connectivity index (χ3n) is 6.42. The number of rotatable bonds is 3. The molecule has 0 aliphatic carbocycles. The number of furan rings is 1. The maximum absolute atomic E-state index is 6.50. The van der Waals surface area contributed by atoms with Crippen LogP contribution in [0.5, 0.6) is 0 Å². The van der Waals surface area contributed by atoms with Gasteiger partial charge in [0, 0.05) is 37.9 Å². The molecule has 0 aliphatic heterocycles. The van der Waals surface area contributed by atoms with Gasteiger partial charge in [-0.1, -0.05) is 90.5 Å². The Bertz CT molecular complexity index is 1910. The molecule has 0 fully saturated rings. The van der Waals surface area contributed by atoms with Crippen molar-refractivity contribution in [2.45, 2.75) is 0 Å². The average Bonchev–Trinajstić information content (AvgIpc) is 3.31. The van der Waals surface area contributed by atoms with Gasteiger partial charge in [-0.3, -0.25) is 0 Å². The molecule has 0 unspecified atom stereocenters. The molecule has 5 aromatic carbocycles. The first-order valence-electron chi connectivity index (χ1n) is 11.7. The molecule has 36 heavy (non-hydrogen) atoms. The highest BCUT2D eigenvalue weighted by Crippen LogP contribution is 2.35. The zero-order valence-electron chi connectivity index (χ0n) is 19.0. The van der Waals surface area contributed by atoms with Gasteiger partial charge in [0.15, 0.2) is 17.5 Å². The predicted molar refractivity (Wildman–Crippen MR) is 146 cm³/mol. The van der Waals surface area contributed by atoms with E-state index in [2.05, 4.69) is 12.1 Å². The van der Waals surface area contributed by atoms with E-state index in [0.717, 1.165) is 49.4 Å². The van der Waals surface area contributed by atoms with Crippen molar-refractivity contribution in [1.29, 1.82) is 0 Å². The van der Waals surface area contributed by atoms with Crippen LogP contribution in [0.15, 0.2) is 114 Å². The maximum Gasteiger partial charge on any atom is 0.164 e. The molecule has 2 aromatic heterocycles. The lowest BCUT2D eigenvalue weighted by molar-refractivity contribution is 0.669. The topological polar surface area (TPSA) is 51.8 Å². The highest BCUT2D eigenvalue weighted by molar-refractivity contribution is 6.36. The van der Waals surface area contributed by atoms with E-state index in [0.29, 0.717) is 22.5 Å². The van der Waals surface area contributed by atoms with Crippen molar-refractivity contribution in [1.82, 2.24) is 15.0 Å². The van der Waals surface area contributed by atoms with Crippen LogP contribution in [0.3, 0.4) is 0 Å². The molecule has 0 radical (unpaired) electrons. The maximum atomic E-state index is 6.50. The number of fused-ring (bicyclic) bond motifs is 4. The van der Waals surface area contributed by atoms with Crippen LogP contribution in [0.1, 0.15) is 0 Å². The Hall–Kier alpha value is -4.54.